The summed E-state index contributed by atoms with van der Waals surface area (Å²) in [4.78, 5) is 22.1. The van der Waals surface area contributed by atoms with Crippen LogP contribution < -0.4 is 11.1 Å². The minimum absolute atomic E-state index is 0.0897. The minimum atomic E-state index is -0.783. The largest absolute Gasteiger partial charge is 0.481 e. The summed E-state index contributed by atoms with van der Waals surface area (Å²) in [7, 11) is 0. The standard InChI is InChI=1S/C13H26N2O3/c1-9(2)11(14)12(18)15-8-7-13(3,4)6-5-10(16)17/h9,11H,5-8,14H2,1-4H3,(H,15,18)(H,16,17). The molecule has 0 aliphatic heterocycles. The number of nitrogens with two attached hydrogens (primary N) is 1. The van der Waals surface area contributed by atoms with Crippen LogP contribution in [0.2, 0.25) is 0 Å². The molecule has 0 radical (unpaired) electrons. The molecule has 0 aromatic heterocycles. The Kier molecular flexibility index (Phi) is 6.91. The third kappa shape index (κ3) is 7.27. The van der Waals surface area contributed by atoms with Gasteiger partial charge in [0, 0.05) is 13.0 Å². The van der Waals surface area contributed by atoms with Crippen molar-refractivity contribution in [2.45, 2.75) is 53.0 Å². The van der Waals surface area contributed by atoms with Crippen molar-refractivity contribution < 1.29 is 14.7 Å². The number of nitrogens with one attached hydrogen (secondary N) is 1. The molecule has 0 fully saturated rings. The molecule has 0 saturated carbocycles. The predicted molar refractivity (Wildman–Crippen MR) is 71.1 cm³/mol. The first kappa shape index (κ1) is 16.9. The van der Waals surface area contributed by atoms with Gasteiger partial charge in [-0.15, -0.1) is 0 Å². The molecule has 0 aromatic carbocycles. The smallest absolute Gasteiger partial charge is 0.303 e. The maximum atomic E-state index is 11.6. The first-order valence-electron chi connectivity index (χ1n) is 6.41. The lowest BCUT2D eigenvalue weighted by atomic mass is 9.84. The molecule has 0 aromatic rings. The highest BCUT2D eigenvalue weighted by Gasteiger charge is 2.21. The van der Waals surface area contributed by atoms with Crippen molar-refractivity contribution in [1.82, 2.24) is 5.32 Å². The Bertz CT molecular complexity index is 288. The Labute approximate surface area is 109 Å². The van der Waals surface area contributed by atoms with E-state index in [1.165, 1.54) is 0 Å². The summed E-state index contributed by atoms with van der Waals surface area (Å²) in [6.45, 7) is 8.35. The van der Waals surface area contributed by atoms with E-state index in [1.807, 2.05) is 27.7 Å². The molecule has 5 heteroatoms. The number of hydrogen-bond donors (Lipinski definition) is 3. The first-order valence-corrected chi connectivity index (χ1v) is 6.41. The Morgan fingerprint density at radius 3 is 2.28 bits per heavy atom. The monoisotopic (exact) mass is 258 g/mol. The second kappa shape index (κ2) is 7.36. The van der Waals surface area contributed by atoms with Gasteiger partial charge in [0.1, 0.15) is 0 Å². The van der Waals surface area contributed by atoms with Crippen LogP contribution >= 0.6 is 0 Å². The quantitative estimate of drug-likeness (QED) is 0.613. The van der Waals surface area contributed by atoms with Crippen LogP contribution in [0.4, 0.5) is 0 Å². The summed E-state index contributed by atoms with van der Waals surface area (Å²) in [5.41, 5.74) is 5.63. The van der Waals surface area contributed by atoms with Gasteiger partial charge in [-0.2, -0.15) is 0 Å². The van der Waals surface area contributed by atoms with Gasteiger partial charge in [-0.3, -0.25) is 9.59 Å². The van der Waals surface area contributed by atoms with E-state index in [0.717, 1.165) is 6.42 Å². The van der Waals surface area contributed by atoms with Gasteiger partial charge < -0.3 is 16.2 Å². The summed E-state index contributed by atoms with van der Waals surface area (Å²) in [5.74, 6) is -0.807. The van der Waals surface area contributed by atoms with Gasteiger partial charge in [0.2, 0.25) is 5.91 Å². The van der Waals surface area contributed by atoms with Crippen molar-refractivity contribution in [3.63, 3.8) is 0 Å². The van der Waals surface area contributed by atoms with Gasteiger partial charge in [0.25, 0.3) is 0 Å². The van der Waals surface area contributed by atoms with Crippen LogP contribution in [0.25, 0.3) is 0 Å². The van der Waals surface area contributed by atoms with E-state index in [0.29, 0.717) is 13.0 Å². The number of carboxylic acids is 1. The first-order chi connectivity index (χ1) is 8.15. The lowest BCUT2D eigenvalue weighted by Crippen LogP contribution is -2.44. The van der Waals surface area contributed by atoms with Crippen molar-refractivity contribution in [2.75, 3.05) is 6.54 Å². The van der Waals surface area contributed by atoms with Gasteiger partial charge in [-0.05, 0) is 24.2 Å². The third-order valence-electron chi connectivity index (χ3n) is 3.14. The van der Waals surface area contributed by atoms with Crippen LogP contribution in [0.5, 0.6) is 0 Å². The summed E-state index contributed by atoms with van der Waals surface area (Å²) >= 11 is 0. The fourth-order valence-electron chi connectivity index (χ4n) is 1.52. The van der Waals surface area contributed by atoms with Crippen LogP contribution in [-0.2, 0) is 9.59 Å². The predicted octanol–water partition coefficient (Wildman–Crippen LogP) is 1.37. The second-order valence-electron chi connectivity index (χ2n) is 5.87. The molecule has 18 heavy (non-hydrogen) atoms. The normalized spacial score (nSPS) is 13.4. The minimum Gasteiger partial charge on any atom is -0.481 e. The Balaban J connectivity index is 3.95. The molecule has 4 N–H and O–H groups in total. The van der Waals surface area contributed by atoms with E-state index in [2.05, 4.69) is 5.32 Å². The molecule has 106 valence electrons. The van der Waals surface area contributed by atoms with Gasteiger partial charge in [-0.1, -0.05) is 27.7 Å². The van der Waals surface area contributed by atoms with Crippen molar-refractivity contribution in [1.29, 1.82) is 0 Å². The zero-order valence-corrected chi connectivity index (χ0v) is 11.8. The lowest BCUT2D eigenvalue weighted by molar-refractivity contribution is -0.137. The fourth-order valence-corrected chi connectivity index (χ4v) is 1.52. The zero-order valence-electron chi connectivity index (χ0n) is 11.8. The number of hydrogen-bond acceptors (Lipinski definition) is 3. The van der Waals surface area contributed by atoms with Crippen LogP contribution in [0.1, 0.15) is 47.0 Å². The molecule has 1 amide bonds. The highest BCUT2D eigenvalue weighted by molar-refractivity contribution is 5.81. The maximum Gasteiger partial charge on any atom is 0.303 e. The highest BCUT2D eigenvalue weighted by Crippen LogP contribution is 2.25. The van der Waals surface area contributed by atoms with Crippen molar-refractivity contribution in [3.8, 4) is 0 Å². The zero-order chi connectivity index (χ0) is 14.3. The molecule has 5 nitrogen and oxygen atoms in total. The number of rotatable bonds is 8. The van der Waals surface area contributed by atoms with Crippen LogP contribution in [-0.4, -0.2) is 29.6 Å². The summed E-state index contributed by atoms with van der Waals surface area (Å²) in [5, 5.41) is 11.4. The molecule has 0 aliphatic carbocycles. The summed E-state index contributed by atoms with van der Waals surface area (Å²) in [6.07, 6.45) is 1.51. The van der Waals surface area contributed by atoms with E-state index in [9.17, 15) is 9.59 Å². The Morgan fingerprint density at radius 2 is 1.83 bits per heavy atom. The summed E-state index contributed by atoms with van der Waals surface area (Å²) in [6, 6.07) is -0.480. The number of carbonyl (C=O) groups is 2. The average molecular weight is 258 g/mol. The van der Waals surface area contributed by atoms with E-state index < -0.39 is 12.0 Å². The van der Waals surface area contributed by atoms with Crippen molar-refractivity contribution >= 4 is 11.9 Å². The van der Waals surface area contributed by atoms with E-state index in [1.54, 1.807) is 0 Å². The van der Waals surface area contributed by atoms with Crippen LogP contribution in [0.3, 0.4) is 0 Å². The third-order valence-corrected chi connectivity index (χ3v) is 3.14. The van der Waals surface area contributed by atoms with Crippen LogP contribution in [0, 0.1) is 11.3 Å². The van der Waals surface area contributed by atoms with E-state index in [4.69, 9.17) is 10.8 Å². The molecular formula is C13H26N2O3. The number of carbonyl (C=O) groups excluding carboxylic acids is 1. The molecule has 0 aliphatic rings. The molecule has 0 saturated heterocycles. The van der Waals surface area contributed by atoms with E-state index in [-0.39, 0.29) is 23.7 Å². The molecule has 0 rings (SSSR count). The highest BCUT2D eigenvalue weighted by atomic mass is 16.4. The van der Waals surface area contributed by atoms with Crippen molar-refractivity contribution in [2.24, 2.45) is 17.1 Å². The maximum absolute atomic E-state index is 11.6. The van der Waals surface area contributed by atoms with Gasteiger partial charge in [0.15, 0.2) is 0 Å². The second-order valence-corrected chi connectivity index (χ2v) is 5.87. The van der Waals surface area contributed by atoms with Crippen LogP contribution in [0.15, 0.2) is 0 Å². The fraction of sp³-hybridized carbons (Fsp3) is 0.846. The molecule has 0 spiro atoms. The summed E-state index contributed by atoms with van der Waals surface area (Å²) < 4.78 is 0. The SMILES string of the molecule is CC(C)C(N)C(=O)NCCC(C)(C)CCC(=O)O. The molecule has 0 heterocycles. The molecule has 0 bridgehead atoms. The van der Waals surface area contributed by atoms with Gasteiger partial charge >= 0.3 is 5.97 Å². The van der Waals surface area contributed by atoms with Crippen molar-refractivity contribution in [3.05, 3.63) is 0 Å². The van der Waals surface area contributed by atoms with Gasteiger partial charge in [0.05, 0.1) is 6.04 Å². The Hall–Kier alpha value is -1.10. The number of carboxylic acid groups (broad SMARTS) is 1. The van der Waals surface area contributed by atoms with E-state index >= 15 is 0 Å². The lowest BCUT2D eigenvalue weighted by Gasteiger charge is -2.24. The molecular weight excluding hydrogens is 232 g/mol. The average Bonchev–Trinajstić information content (AvgIpc) is 2.25. The molecule has 1 unspecified atom stereocenters. The topological polar surface area (TPSA) is 92.4 Å². The molecule has 1 atom stereocenters. The number of aliphatic carboxylic acids is 1. The van der Waals surface area contributed by atoms with Gasteiger partial charge in [-0.25, -0.2) is 0 Å². The number of amides is 1. The Morgan fingerprint density at radius 1 is 1.28 bits per heavy atom.